The van der Waals surface area contributed by atoms with E-state index in [1.54, 1.807) is 6.08 Å². The predicted octanol–water partition coefficient (Wildman–Crippen LogP) is 1.50. The van der Waals surface area contributed by atoms with E-state index in [9.17, 15) is 18.0 Å². The van der Waals surface area contributed by atoms with Crippen LogP contribution in [0.3, 0.4) is 0 Å². The fourth-order valence-electron chi connectivity index (χ4n) is 2.67. The summed E-state index contributed by atoms with van der Waals surface area (Å²) in [6.45, 7) is -0.421. The summed E-state index contributed by atoms with van der Waals surface area (Å²) in [6.07, 6.45) is 3.19. The zero-order valence-electron chi connectivity index (χ0n) is 14.1. The molecule has 7 nitrogen and oxygen atoms in total. The van der Waals surface area contributed by atoms with Gasteiger partial charge >= 0.3 is 5.97 Å². The Morgan fingerprint density at radius 2 is 2.15 bits per heavy atom. The number of carbonyl (C=O) groups is 2. The molecule has 138 valence electrons. The predicted molar refractivity (Wildman–Crippen MR) is 99.4 cm³/mol. The van der Waals surface area contributed by atoms with Crippen molar-refractivity contribution < 1.29 is 22.7 Å². The normalized spacial score (nSPS) is 19.0. The monoisotopic (exact) mass is 394 g/mol. The third kappa shape index (κ3) is 4.47. The summed E-state index contributed by atoms with van der Waals surface area (Å²) >= 11 is 1.45. The first-order valence-electron chi connectivity index (χ1n) is 8.00. The Morgan fingerprint density at radius 1 is 1.38 bits per heavy atom. The van der Waals surface area contributed by atoms with Crippen molar-refractivity contribution >= 4 is 49.3 Å². The van der Waals surface area contributed by atoms with Gasteiger partial charge in [-0.25, -0.2) is 18.2 Å². The molecule has 3 rings (SSSR count). The van der Waals surface area contributed by atoms with Crippen molar-refractivity contribution in [3.05, 3.63) is 35.3 Å². The van der Waals surface area contributed by atoms with E-state index in [-0.39, 0.29) is 17.5 Å². The Balaban J connectivity index is 1.51. The Bertz CT molecular complexity index is 931. The zero-order chi connectivity index (χ0) is 18.7. The van der Waals surface area contributed by atoms with E-state index in [1.165, 1.54) is 29.4 Å². The zero-order valence-corrected chi connectivity index (χ0v) is 15.8. The van der Waals surface area contributed by atoms with Crippen molar-refractivity contribution in [1.29, 1.82) is 0 Å². The molecule has 1 aromatic carbocycles. The third-order valence-corrected chi connectivity index (χ3v) is 6.91. The number of para-hydroxylation sites is 1. The van der Waals surface area contributed by atoms with Crippen LogP contribution in [-0.2, 0) is 24.2 Å². The van der Waals surface area contributed by atoms with E-state index in [1.807, 2.05) is 24.3 Å². The van der Waals surface area contributed by atoms with Crippen molar-refractivity contribution in [2.24, 2.45) is 0 Å². The van der Waals surface area contributed by atoms with Gasteiger partial charge in [-0.05, 0) is 24.6 Å². The van der Waals surface area contributed by atoms with E-state index in [0.717, 1.165) is 10.2 Å². The second-order valence-corrected chi connectivity index (χ2v) is 9.31. The van der Waals surface area contributed by atoms with Crippen LogP contribution in [0.15, 0.2) is 30.3 Å². The average molecular weight is 394 g/mol. The van der Waals surface area contributed by atoms with Crippen LogP contribution in [0.1, 0.15) is 11.4 Å². The fraction of sp³-hybridized carbons (Fsp3) is 0.353. The maximum Gasteiger partial charge on any atom is 0.331 e. The molecule has 1 fully saturated rings. The molecule has 1 atom stereocenters. The molecule has 0 spiro atoms. The van der Waals surface area contributed by atoms with Gasteiger partial charge in [0.1, 0.15) is 5.01 Å². The summed E-state index contributed by atoms with van der Waals surface area (Å²) in [5.41, 5.74) is 0.855. The van der Waals surface area contributed by atoms with Crippen molar-refractivity contribution in [3.8, 4) is 0 Å². The van der Waals surface area contributed by atoms with Gasteiger partial charge in [-0.15, -0.1) is 11.3 Å². The fourth-order valence-corrected chi connectivity index (χ4v) is 5.31. The van der Waals surface area contributed by atoms with Gasteiger partial charge in [0, 0.05) is 19.2 Å². The highest BCUT2D eigenvalue weighted by Crippen LogP contribution is 2.22. The van der Waals surface area contributed by atoms with Gasteiger partial charge in [0.2, 0.25) is 0 Å². The minimum absolute atomic E-state index is 0.0410. The van der Waals surface area contributed by atoms with E-state index in [4.69, 9.17) is 4.74 Å². The van der Waals surface area contributed by atoms with Gasteiger partial charge in [0.25, 0.3) is 5.91 Å². The van der Waals surface area contributed by atoms with Gasteiger partial charge in [0.05, 0.1) is 21.7 Å². The Morgan fingerprint density at radius 3 is 2.85 bits per heavy atom. The van der Waals surface area contributed by atoms with Crippen LogP contribution < -0.4 is 0 Å². The molecule has 0 aliphatic carbocycles. The molecule has 1 saturated heterocycles. The van der Waals surface area contributed by atoms with E-state index in [2.05, 4.69) is 4.98 Å². The Labute approximate surface area is 155 Å². The summed E-state index contributed by atoms with van der Waals surface area (Å²) in [7, 11) is -1.55. The highest BCUT2D eigenvalue weighted by Gasteiger charge is 2.32. The first-order chi connectivity index (χ1) is 12.3. The molecule has 1 aliphatic heterocycles. The summed E-state index contributed by atoms with van der Waals surface area (Å²) < 4.78 is 28.9. The van der Waals surface area contributed by atoms with E-state index in [0.29, 0.717) is 11.4 Å². The number of rotatable bonds is 5. The van der Waals surface area contributed by atoms with Gasteiger partial charge in [0.15, 0.2) is 16.4 Å². The van der Waals surface area contributed by atoms with Crippen LogP contribution >= 0.6 is 11.3 Å². The SMILES string of the molecule is CN(C(=O)COC(=O)/C=C/c1nc2ccccc2s1)[C@@H]1CCS(=O)(=O)C1. The quantitative estimate of drug-likeness (QED) is 0.564. The second kappa shape index (κ2) is 7.55. The molecule has 0 saturated carbocycles. The van der Waals surface area contributed by atoms with Crippen molar-refractivity contribution in [2.45, 2.75) is 12.5 Å². The largest absolute Gasteiger partial charge is 0.452 e. The molecule has 2 aromatic rings. The van der Waals surface area contributed by atoms with Gasteiger partial charge in [-0.2, -0.15) is 0 Å². The number of aromatic nitrogens is 1. The van der Waals surface area contributed by atoms with Crippen LogP contribution in [0.5, 0.6) is 0 Å². The number of esters is 1. The molecule has 0 unspecified atom stereocenters. The lowest BCUT2D eigenvalue weighted by Gasteiger charge is -2.22. The topological polar surface area (TPSA) is 93.6 Å². The van der Waals surface area contributed by atoms with E-state index < -0.39 is 28.3 Å². The molecule has 2 heterocycles. The minimum atomic E-state index is -3.07. The number of fused-ring (bicyclic) bond motifs is 1. The number of ether oxygens (including phenoxy) is 1. The lowest BCUT2D eigenvalue weighted by molar-refractivity contribution is -0.148. The smallest absolute Gasteiger partial charge is 0.331 e. The van der Waals surface area contributed by atoms with Crippen LogP contribution in [-0.4, -0.2) is 61.4 Å². The van der Waals surface area contributed by atoms with Crippen LogP contribution in [0.2, 0.25) is 0 Å². The van der Waals surface area contributed by atoms with Crippen molar-refractivity contribution in [1.82, 2.24) is 9.88 Å². The number of hydrogen-bond acceptors (Lipinski definition) is 7. The maximum absolute atomic E-state index is 12.1. The summed E-state index contributed by atoms with van der Waals surface area (Å²) in [5.74, 6) is -1.03. The molecular weight excluding hydrogens is 376 g/mol. The number of thiazole rings is 1. The van der Waals surface area contributed by atoms with Gasteiger partial charge in [-0.3, -0.25) is 4.79 Å². The minimum Gasteiger partial charge on any atom is -0.452 e. The number of carbonyl (C=O) groups excluding carboxylic acids is 2. The number of amides is 1. The van der Waals surface area contributed by atoms with Crippen LogP contribution in [0.4, 0.5) is 0 Å². The summed E-state index contributed by atoms with van der Waals surface area (Å²) in [6, 6.07) is 7.28. The van der Waals surface area contributed by atoms with Crippen molar-refractivity contribution in [3.63, 3.8) is 0 Å². The Kier molecular flexibility index (Phi) is 5.38. The second-order valence-electron chi connectivity index (χ2n) is 6.02. The molecule has 1 aromatic heterocycles. The lowest BCUT2D eigenvalue weighted by atomic mass is 10.2. The van der Waals surface area contributed by atoms with Gasteiger partial charge in [-0.1, -0.05) is 12.1 Å². The van der Waals surface area contributed by atoms with Crippen LogP contribution in [0, 0.1) is 0 Å². The molecule has 1 aliphatic rings. The van der Waals surface area contributed by atoms with Crippen molar-refractivity contribution in [2.75, 3.05) is 25.2 Å². The average Bonchev–Trinajstić information content (AvgIpc) is 3.19. The molecule has 0 bridgehead atoms. The summed E-state index contributed by atoms with van der Waals surface area (Å²) in [4.78, 5) is 29.5. The highest BCUT2D eigenvalue weighted by atomic mass is 32.2. The maximum atomic E-state index is 12.1. The first kappa shape index (κ1) is 18.5. The number of nitrogens with zero attached hydrogens (tertiary/aromatic N) is 2. The lowest BCUT2D eigenvalue weighted by Crippen LogP contribution is -2.40. The number of sulfone groups is 1. The summed E-state index contributed by atoms with van der Waals surface area (Å²) in [5, 5.41) is 0.669. The van der Waals surface area contributed by atoms with E-state index >= 15 is 0 Å². The number of likely N-dealkylation sites (N-methyl/N-ethyl adjacent to an activating group) is 1. The molecule has 26 heavy (non-hydrogen) atoms. The third-order valence-electron chi connectivity index (χ3n) is 4.16. The standard InChI is InChI=1S/C17H18N2O5S2/c1-19(12-8-9-26(22,23)11-12)16(20)10-24-17(21)7-6-15-18-13-4-2-3-5-14(13)25-15/h2-7,12H,8-11H2,1H3/b7-6+/t12-/m1/s1. The van der Waals surface area contributed by atoms with Gasteiger partial charge < -0.3 is 9.64 Å². The number of benzene rings is 1. The molecule has 0 radical (unpaired) electrons. The first-order valence-corrected chi connectivity index (χ1v) is 10.6. The molecule has 9 heteroatoms. The van der Waals surface area contributed by atoms with Crippen LogP contribution in [0.25, 0.3) is 16.3 Å². The molecular formula is C17H18N2O5S2. The molecule has 1 amide bonds. The highest BCUT2D eigenvalue weighted by molar-refractivity contribution is 7.91. The number of hydrogen-bond donors (Lipinski definition) is 0. The molecule has 0 N–H and O–H groups in total. The Hall–Kier alpha value is -2.26.